The van der Waals surface area contributed by atoms with Gasteiger partial charge in [-0.15, -0.1) is 0 Å². The van der Waals surface area contributed by atoms with Crippen molar-refractivity contribution < 1.29 is 22.9 Å². The lowest BCUT2D eigenvalue weighted by atomic mass is 9.61. The number of carbonyl (C=O) groups excluding carboxylic acids is 2. The summed E-state index contributed by atoms with van der Waals surface area (Å²) in [4.78, 5) is 32.6. The van der Waals surface area contributed by atoms with Gasteiger partial charge in [0, 0.05) is 37.5 Å². The molecule has 3 heterocycles. The first-order valence-corrected chi connectivity index (χ1v) is 9.49. The number of hydrogen-bond acceptors (Lipinski definition) is 6. The number of hydrogen-bond donors (Lipinski definition) is 4. The van der Waals surface area contributed by atoms with Gasteiger partial charge in [0.25, 0.3) is 5.91 Å². The van der Waals surface area contributed by atoms with Crippen molar-refractivity contribution in [3.05, 3.63) is 35.3 Å². The highest BCUT2D eigenvalue weighted by Crippen LogP contribution is 2.56. The van der Waals surface area contributed by atoms with Gasteiger partial charge < -0.3 is 14.4 Å². The number of aryl methyl sites for hydroxylation is 1. The van der Waals surface area contributed by atoms with Crippen LogP contribution in [0.3, 0.4) is 0 Å². The number of rotatable bonds is 3. The molecule has 30 heavy (non-hydrogen) atoms. The Morgan fingerprint density at radius 1 is 1.37 bits per heavy atom. The van der Waals surface area contributed by atoms with Crippen molar-refractivity contribution in [3.63, 3.8) is 0 Å². The monoisotopic (exact) mass is 440 g/mol. The number of H-pyrrole nitrogens is 1. The van der Waals surface area contributed by atoms with Gasteiger partial charge in [-0.3, -0.25) is 14.9 Å². The lowest BCUT2D eigenvalue weighted by Gasteiger charge is -2.58. The first kappa shape index (κ1) is 22.0. The average Bonchev–Trinajstić information content (AvgIpc) is 3.24. The zero-order valence-corrected chi connectivity index (χ0v) is 17.3. The fourth-order valence-corrected chi connectivity index (χ4v) is 4.04. The maximum atomic E-state index is 13.2. The summed E-state index contributed by atoms with van der Waals surface area (Å²) in [5.41, 5.74) is 1.31. The van der Waals surface area contributed by atoms with Gasteiger partial charge in [-0.25, -0.2) is 13.5 Å². The molecule has 4 rings (SSSR count). The molecule has 2 aromatic heterocycles. The van der Waals surface area contributed by atoms with Crippen LogP contribution in [0.5, 0.6) is 0 Å². The molecule has 12 heteroatoms. The number of alkyl halides is 2. The average molecular weight is 440 g/mol. The molecule has 9 nitrogen and oxygen atoms in total. The van der Waals surface area contributed by atoms with Gasteiger partial charge in [-0.1, -0.05) is 0 Å². The van der Waals surface area contributed by atoms with Crippen LogP contribution in [-0.4, -0.2) is 61.5 Å². The molecule has 1 spiro atoms. The van der Waals surface area contributed by atoms with E-state index in [1.807, 2.05) is 13.0 Å². The zero-order chi connectivity index (χ0) is 22.1. The Morgan fingerprint density at radius 2 is 2.03 bits per heavy atom. The molecular formula is C18H22F2N6O3S. The van der Waals surface area contributed by atoms with Crippen LogP contribution >= 0.6 is 12.9 Å². The second-order valence-electron chi connectivity index (χ2n) is 7.63. The van der Waals surface area contributed by atoms with E-state index in [2.05, 4.69) is 33.3 Å². The summed E-state index contributed by atoms with van der Waals surface area (Å²) < 4.78 is 34.4. The number of thiol groups is 1. The molecule has 0 bridgehead atoms. The number of aromatic amines is 1. The third-order valence-electron chi connectivity index (χ3n) is 5.38. The number of nitrogens with zero attached hydrogens (tertiary/aromatic N) is 4. The minimum absolute atomic E-state index is 0.149. The summed E-state index contributed by atoms with van der Waals surface area (Å²) in [6, 6.07) is 1.84. The maximum absolute atomic E-state index is 13.2. The van der Waals surface area contributed by atoms with E-state index in [0.29, 0.717) is 36.6 Å². The Hall–Kier alpha value is -2.73. The maximum Gasteiger partial charge on any atom is 0.257 e. The second kappa shape index (κ2) is 8.19. The van der Waals surface area contributed by atoms with E-state index in [0.717, 1.165) is 5.56 Å². The molecule has 1 aliphatic heterocycles. The van der Waals surface area contributed by atoms with E-state index in [1.165, 1.54) is 10.9 Å². The molecular weight excluding hydrogens is 418 g/mol. The molecule has 2 aromatic rings. The SMILES string of the molecule is Cc1cc[nH]c1/N=C(\NC=O)n1ncc(C(=O)N2CC3(C2)CC(F)(F)C3)c1C.OS. The number of aliphatic imine (C=N–C) groups is 1. The number of halogens is 2. The van der Waals surface area contributed by atoms with Crippen LogP contribution in [0.1, 0.15) is 34.5 Å². The first-order valence-electron chi connectivity index (χ1n) is 9.09. The number of aromatic nitrogens is 3. The minimum atomic E-state index is -2.60. The summed E-state index contributed by atoms with van der Waals surface area (Å²) in [6.07, 6.45) is 3.30. The summed E-state index contributed by atoms with van der Waals surface area (Å²) in [7, 11) is 0. The van der Waals surface area contributed by atoms with E-state index in [1.54, 1.807) is 18.0 Å². The highest BCUT2D eigenvalue weighted by molar-refractivity contribution is 7.74. The molecule has 0 radical (unpaired) electrons. The van der Waals surface area contributed by atoms with Gasteiger partial charge >= 0.3 is 0 Å². The van der Waals surface area contributed by atoms with Crippen molar-refractivity contribution in [2.24, 2.45) is 10.4 Å². The van der Waals surface area contributed by atoms with E-state index in [9.17, 15) is 18.4 Å². The Labute approximate surface area is 176 Å². The Bertz CT molecular complexity index is 970. The molecule has 1 saturated heterocycles. The van der Waals surface area contributed by atoms with Gasteiger partial charge in [-0.05, 0) is 38.4 Å². The summed E-state index contributed by atoms with van der Waals surface area (Å²) in [6.45, 7) is 4.22. The molecule has 1 aliphatic carbocycles. The Morgan fingerprint density at radius 3 is 2.57 bits per heavy atom. The van der Waals surface area contributed by atoms with Crippen molar-refractivity contribution in [3.8, 4) is 0 Å². The van der Waals surface area contributed by atoms with Crippen molar-refractivity contribution >= 4 is 37.0 Å². The largest absolute Gasteiger partial charge is 0.346 e. The summed E-state index contributed by atoms with van der Waals surface area (Å²) in [5.74, 6) is -2.15. The zero-order valence-electron chi connectivity index (χ0n) is 16.4. The van der Waals surface area contributed by atoms with E-state index in [-0.39, 0.29) is 24.7 Å². The smallest absolute Gasteiger partial charge is 0.257 e. The second-order valence-corrected chi connectivity index (χ2v) is 7.63. The summed E-state index contributed by atoms with van der Waals surface area (Å²) in [5, 5.41) is 6.68. The molecule has 1 saturated carbocycles. The number of likely N-dealkylation sites (tertiary alicyclic amines) is 1. The van der Waals surface area contributed by atoms with Gasteiger partial charge in [0.05, 0.1) is 17.5 Å². The molecule has 3 N–H and O–H groups in total. The molecule has 0 unspecified atom stereocenters. The fraction of sp³-hybridized carbons (Fsp3) is 0.444. The normalized spacial score (nSPS) is 18.7. The van der Waals surface area contributed by atoms with E-state index < -0.39 is 11.3 Å². The van der Waals surface area contributed by atoms with Crippen molar-refractivity contribution in [1.82, 2.24) is 25.0 Å². The number of carbonyl (C=O) groups is 2. The van der Waals surface area contributed by atoms with Gasteiger partial charge in [0.15, 0.2) is 0 Å². The van der Waals surface area contributed by atoms with Gasteiger partial charge in [-0.2, -0.15) is 10.1 Å². The van der Waals surface area contributed by atoms with Crippen molar-refractivity contribution in [2.45, 2.75) is 32.6 Å². The highest BCUT2D eigenvalue weighted by Gasteiger charge is 2.62. The Kier molecular flexibility index (Phi) is 5.99. The lowest BCUT2D eigenvalue weighted by Crippen LogP contribution is -2.66. The van der Waals surface area contributed by atoms with Crippen LogP contribution in [0.25, 0.3) is 0 Å². The lowest BCUT2D eigenvalue weighted by molar-refractivity contribution is -0.203. The molecule has 0 aromatic carbocycles. The predicted molar refractivity (Wildman–Crippen MR) is 108 cm³/mol. The first-order chi connectivity index (χ1) is 14.2. The number of nitrogens with one attached hydrogen (secondary N) is 2. The van der Waals surface area contributed by atoms with Crippen LogP contribution in [0, 0.1) is 19.3 Å². The van der Waals surface area contributed by atoms with Crippen LogP contribution < -0.4 is 5.32 Å². The van der Waals surface area contributed by atoms with Crippen molar-refractivity contribution in [1.29, 1.82) is 0 Å². The minimum Gasteiger partial charge on any atom is -0.346 e. The molecule has 2 aliphatic rings. The van der Waals surface area contributed by atoms with Gasteiger partial charge in [0.1, 0.15) is 5.82 Å². The van der Waals surface area contributed by atoms with Crippen LogP contribution in [0.2, 0.25) is 0 Å². The quantitative estimate of drug-likeness (QED) is 0.193. The molecule has 2 fully saturated rings. The van der Waals surface area contributed by atoms with Crippen LogP contribution in [-0.2, 0) is 4.79 Å². The fourth-order valence-electron chi connectivity index (χ4n) is 4.04. The number of amides is 2. The van der Waals surface area contributed by atoms with Gasteiger partial charge in [0.2, 0.25) is 18.3 Å². The van der Waals surface area contributed by atoms with Crippen molar-refractivity contribution in [2.75, 3.05) is 13.1 Å². The standard InChI is InChI=1S/C18H20F2N6O2.H2OS/c1-11-3-4-21-14(11)24-16(22-10-27)26-12(2)13(5-23-26)15(28)25-8-17(9-25)6-18(19,20)7-17;1-2/h3-5,10,21H,6-9H2,1-2H3,(H,22,24,27);1-2H. The Balaban J connectivity index is 0.00000124. The summed E-state index contributed by atoms with van der Waals surface area (Å²) >= 11 is 2.53. The van der Waals surface area contributed by atoms with E-state index >= 15 is 0 Å². The third-order valence-corrected chi connectivity index (χ3v) is 5.38. The predicted octanol–water partition coefficient (Wildman–Crippen LogP) is 2.37. The van der Waals surface area contributed by atoms with Crippen LogP contribution in [0.4, 0.5) is 14.6 Å². The third kappa shape index (κ3) is 3.97. The molecule has 162 valence electrons. The topological polar surface area (TPSA) is 116 Å². The van der Waals surface area contributed by atoms with Crippen LogP contribution in [0.15, 0.2) is 23.5 Å². The molecule has 2 amide bonds. The highest BCUT2D eigenvalue weighted by atomic mass is 32.1. The van der Waals surface area contributed by atoms with E-state index in [4.69, 9.17) is 4.55 Å². The molecule has 0 atom stereocenters.